The molecule has 0 unspecified atom stereocenters. The van der Waals surface area contributed by atoms with Gasteiger partial charge in [-0.25, -0.2) is 0 Å². The van der Waals surface area contributed by atoms with Crippen LogP contribution in [0.2, 0.25) is 0 Å². The second-order valence-corrected chi connectivity index (χ2v) is 4.13. The molecule has 4 heteroatoms. The average Bonchev–Trinajstić information content (AvgIpc) is 2.65. The van der Waals surface area contributed by atoms with Crippen molar-refractivity contribution < 1.29 is 0 Å². The molecule has 0 aliphatic heterocycles. The summed E-state index contributed by atoms with van der Waals surface area (Å²) in [6.45, 7) is 2.78. The minimum atomic E-state index is 0.430. The molecule has 16 heavy (non-hydrogen) atoms. The number of aryl methyl sites for hydroxylation is 1. The van der Waals surface area contributed by atoms with Crippen LogP contribution in [0.15, 0.2) is 36.5 Å². The largest absolute Gasteiger partial charge is 0.389 e. The van der Waals surface area contributed by atoms with Gasteiger partial charge in [0.05, 0.1) is 6.54 Å². The van der Waals surface area contributed by atoms with E-state index >= 15 is 0 Å². The lowest BCUT2D eigenvalue weighted by molar-refractivity contribution is 0.665. The minimum Gasteiger partial charge on any atom is -0.389 e. The maximum absolute atomic E-state index is 5.59. The van der Waals surface area contributed by atoms with Crippen LogP contribution in [0.5, 0.6) is 0 Å². The van der Waals surface area contributed by atoms with E-state index in [9.17, 15) is 0 Å². The Hall–Kier alpha value is -1.68. The number of rotatable bonds is 3. The molecule has 0 aliphatic rings. The van der Waals surface area contributed by atoms with E-state index in [-0.39, 0.29) is 0 Å². The Kier molecular flexibility index (Phi) is 3.01. The molecule has 2 rings (SSSR count). The van der Waals surface area contributed by atoms with E-state index in [2.05, 4.69) is 5.10 Å². The third-order valence-electron chi connectivity index (χ3n) is 2.47. The summed E-state index contributed by atoms with van der Waals surface area (Å²) < 4.78 is 1.94. The summed E-state index contributed by atoms with van der Waals surface area (Å²) in [5.41, 5.74) is 8.78. The highest BCUT2D eigenvalue weighted by Crippen LogP contribution is 2.08. The fourth-order valence-electron chi connectivity index (χ4n) is 1.56. The highest BCUT2D eigenvalue weighted by molar-refractivity contribution is 7.80. The lowest BCUT2D eigenvalue weighted by Crippen LogP contribution is -2.10. The predicted octanol–water partition coefficient (Wildman–Crippen LogP) is 1.87. The molecule has 2 aromatic rings. The van der Waals surface area contributed by atoms with Crippen molar-refractivity contribution in [2.45, 2.75) is 13.5 Å². The van der Waals surface area contributed by atoms with Gasteiger partial charge in [0.1, 0.15) is 4.99 Å². The van der Waals surface area contributed by atoms with Crippen LogP contribution in [0.1, 0.15) is 16.8 Å². The summed E-state index contributed by atoms with van der Waals surface area (Å²) in [7, 11) is 0. The van der Waals surface area contributed by atoms with Crippen molar-refractivity contribution >= 4 is 17.2 Å². The summed E-state index contributed by atoms with van der Waals surface area (Å²) in [5, 5.41) is 4.24. The van der Waals surface area contributed by atoms with Crippen molar-refractivity contribution in [2.24, 2.45) is 5.73 Å². The van der Waals surface area contributed by atoms with Crippen molar-refractivity contribution in [1.29, 1.82) is 0 Å². The van der Waals surface area contributed by atoms with E-state index in [1.807, 2.05) is 41.9 Å². The van der Waals surface area contributed by atoms with Crippen LogP contribution in [-0.2, 0) is 6.54 Å². The Bertz CT molecular complexity index is 516. The van der Waals surface area contributed by atoms with Crippen LogP contribution in [0.25, 0.3) is 0 Å². The second-order valence-electron chi connectivity index (χ2n) is 3.69. The van der Waals surface area contributed by atoms with Crippen LogP contribution in [0, 0.1) is 6.92 Å². The zero-order valence-corrected chi connectivity index (χ0v) is 9.87. The maximum atomic E-state index is 5.59. The normalized spacial score (nSPS) is 10.3. The van der Waals surface area contributed by atoms with Crippen LogP contribution < -0.4 is 5.73 Å². The van der Waals surface area contributed by atoms with Crippen molar-refractivity contribution in [3.63, 3.8) is 0 Å². The molecule has 0 saturated carbocycles. The minimum absolute atomic E-state index is 0.430. The average molecular weight is 231 g/mol. The zero-order valence-electron chi connectivity index (χ0n) is 9.05. The van der Waals surface area contributed by atoms with Crippen molar-refractivity contribution in [1.82, 2.24) is 9.78 Å². The van der Waals surface area contributed by atoms with Gasteiger partial charge in [-0.15, -0.1) is 0 Å². The SMILES string of the molecule is Cc1ccnn1Cc1cccc(C(N)=S)c1. The van der Waals surface area contributed by atoms with E-state index in [0.29, 0.717) is 4.99 Å². The van der Waals surface area contributed by atoms with Gasteiger partial charge in [-0.1, -0.05) is 30.4 Å². The molecule has 82 valence electrons. The summed E-state index contributed by atoms with van der Waals surface area (Å²) >= 11 is 4.95. The van der Waals surface area contributed by atoms with Gasteiger partial charge >= 0.3 is 0 Å². The second kappa shape index (κ2) is 4.45. The van der Waals surface area contributed by atoms with E-state index in [4.69, 9.17) is 18.0 Å². The topological polar surface area (TPSA) is 43.8 Å². The molecule has 2 N–H and O–H groups in total. The number of thiocarbonyl (C=S) groups is 1. The van der Waals surface area contributed by atoms with Crippen LogP contribution >= 0.6 is 12.2 Å². The summed E-state index contributed by atoms with van der Waals surface area (Å²) in [5.74, 6) is 0. The lowest BCUT2D eigenvalue weighted by Gasteiger charge is -2.06. The molecule has 1 heterocycles. The Labute approximate surface area is 99.9 Å². The number of nitrogens with zero attached hydrogens (tertiary/aromatic N) is 2. The Balaban J connectivity index is 2.25. The monoisotopic (exact) mass is 231 g/mol. The molecule has 1 aromatic carbocycles. The molecule has 0 aliphatic carbocycles. The summed E-state index contributed by atoms with van der Waals surface area (Å²) in [6.07, 6.45) is 1.80. The first-order valence-corrected chi connectivity index (χ1v) is 5.45. The maximum Gasteiger partial charge on any atom is 0.103 e. The standard InChI is InChI=1S/C12H13N3S/c1-9-5-6-14-15(9)8-10-3-2-4-11(7-10)12(13)16/h2-7H,8H2,1H3,(H2,13,16). The van der Waals surface area contributed by atoms with Crippen molar-refractivity contribution in [2.75, 3.05) is 0 Å². The number of benzene rings is 1. The first-order valence-electron chi connectivity index (χ1n) is 5.04. The smallest absolute Gasteiger partial charge is 0.103 e. The Morgan fingerprint density at radius 2 is 2.25 bits per heavy atom. The molecule has 0 radical (unpaired) electrons. The third-order valence-corrected chi connectivity index (χ3v) is 2.71. The van der Waals surface area contributed by atoms with Crippen LogP contribution in [0.4, 0.5) is 0 Å². The van der Waals surface area contributed by atoms with Crippen molar-refractivity contribution in [3.05, 3.63) is 53.3 Å². The first-order chi connectivity index (χ1) is 7.66. The molecule has 0 amide bonds. The Morgan fingerprint density at radius 1 is 1.44 bits per heavy atom. The summed E-state index contributed by atoms with van der Waals surface area (Å²) in [6, 6.07) is 9.91. The molecule has 0 spiro atoms. The van der Waals surface area contributed by atoms with Gasteiger partial charge in [-0.05, 0) is 24.6 Å². The van der Waals surface area contributed by atoms with E-state index in [1.165, 1.54) is 0 Å². The van der Waals surface area contributed by atoms with Gasteiger partial charge in [0.2, 0.25) is 0 Å². The third kappa shape index (κ3) is 2.28. The molecular weight excluding hydrogens is 218 g/mol. The first kappa shape index (κ1) is 10.8. The molecule has 3 nitrogen and oxygen atoms in total. The molecule has 0 bridgehead atoms. The fourth-order valence-corrected chi connectivity index (χ4v) is 1.69. The Morgan fingerprint density at radius 3 is 2.88 bits per heavy atom. The predicted molar refractivity (Wildman–Crippen MR) is 68.4 cm³/mol. The zero-order chi connectivity index (χ0) is 11.5. The van der Waals surface area contributed by atoms with Gasteiger partial charge in [0, 0.05) is 17.5 Å². The molecule has 0 saturated heterocycles. The highest BCUT2D eigenvalue weighted by atomic mass is 32.1. The van der Waals surface area contributed by atoms with E-state index in [1.54, 1.807) is 6.20 Å². The molecule has 1 aromatic heterocycles. The van der Waals surface area contributed by atoms with Crippen LogP contribution in [-0.4, -0.2) is 14.8 Å². The van der Waals surface area contributed by atoms with Gasteiger partial charge in [0.15, 0.2) is 0 Å². The number of aromatic nitrogens is 2. The highest BCUT2D eigenvalue weighted by Gasteiger charge is 2.01. The van der Waals surface area contributed by atoms with Crippen molar-refractivity contribution in [3.8, 4) is 0 Å². The van der Waals surface area contributed by atoms with Gasteiger partial charge in [-0.2, -0.15) is 5.10 Å². The molecule has 0 atom stereocenters. The number of nitrogens with two attached hydrogens (primary N) is 1. The molecular formula is C12H13N3S. The lowest BCUT2D eigenvalue weighted by atomic mass is 10.1. The van der Waals surface area contributed by atoms with E-state index in [0.717, 1.165) is 23.4 Å². The van der Waals surface area contributed by atoms with Crippen LogP contribution in [0.3, 0.4) is 0 Å². The van der Waals surface area contributed by atoms with Gasteiger partial charge in [0.25, 0.3) is 0 Å². The van der Waals surface area contributed by atoms with E-state index < -0.39 is 0 Å². The molecule has 0 fully saturated rings. The van der Waals surface area contributed by atoms with Gasteiger partial charge < -0.3 is 5.73 Å². The summed E-state index contributed by atoms with van der Waals surface area (Å²) in [4.78, 5) is 0.430. The van der Waals surface area contributed by atoms with Gasteiger partial charge in [-0.3, -0.25) is 4.68 Å². The number of hydrogen-bond donors (Lipinski definition) is 1. The fraction of sp³-hybridized carbons (Fsp3) is 0.167. The quantitative estimate of drug-likeness (QED) is 0.820. The number of hydrogen-bond acceptors (Lipinski definition) is 2.